The van der Waals surface area contributed by atoms with Crippen LogP contribution in [0.5, 0.6) is 0 Å². The molecule has 0 bridgehead atoms. The number of piperidine rings is 1. The first-order valence-electron chi connectivity index (χ1n) is 11.6. The molecule has 0 aliphatic carbocycles. The minimum Gasteiger partial charge on any atom is -0.311 e. The smallest absolute Gasteiger partial charge is 0.0604 e. The highest BCUT2D eigenvalue weighted by molar-refractivity contribution is 5.25. The van der Waals surface area contributed by atoms with E-state index >= 15 is 0 Å². The van der Waals surface area contributed by atoms with Gasteiger partial charge in [0.25, 0.3) is 0 Å². The Labute approximate surface area is 181 Å². The number of aromatic nitrogens is 2. The number of nitrogens with zero attached hydrogens (tertiary/aromatic N) is 4. The van der Waals surface area contributed by atoms with Crippen molar-refractivity contribution in [1.29, 1.82) is 0 Å². The summed E-state index contributed by atoms with van der Waals surface area (Å²) >= 11 is 0. The van der Waals surface area contributed by atoms with Crippen molar-refractivity contribution in [3.05, 3.63) is 59.2 Å². The number of aryl methyl sites for hydroxylation is 2. The SMILES string of the molecule is Cc1cccnc1C1CCCC(c2ncccc2C)N1CCCCNC1CN(C)C1. The van der Waals surface area contributed by atoms with E-state index in [2.05, 4.69) is 60.3 Å². The van der Waals surface area contributed by atoms with Crippen LogP contribution in [0, 0.1) is 13.8 Å². The lowest BCUT2D eigenvalue weighted by Crippen LogP contribution is -2.56. The summed E-state index contributed by atoms with van der Waals surface area (Å²) in [6.45, 7) is 9.01. The highest BCUT2D eigenvalue weighted by Crippen LogP contribution is 2.42. The van der Waals surface area contributed by atoms with E-state index in [9.17, 15) is 0 Å². The Balaban J connectivity index is 1.46. The van der Waals surface area contributed by atoms with Crippen molar-refractivity contribution in [3.8, 4) is 0 Å². The third-order valence-corrected chi connectivity index (χ3v) is 6.83. The van der Waals surface area contributed by atoms with Gasteiger partial charge in [0.2, 0.25) is 0 Å². The van der Waals surface area contributed by atoms with E-state index in [1.807, 2.05) is 12.4 Å². The van der Waals surface area contributed by atoms with Crippen LogP contribution in [-0.4, -0.2) is 59.0 Å². The molecule has 162 valence electrons. The fourth-order valence-corrected chi connectivity index (χ4v) is 5.20. The Bertz CT molecular complexity index is 763. The van der Waals surface area contributed by atoms with Gasteiger partial charge in [-0.15, -0.1) is 0 Å². The zero-order valence-electron chi connectivity index (χ0n) is 18.8. The fraction of sp³-hybridized carbons (Fsp3) is 0.600. The third kappa shape index (κ3) is 4.90. The molecule has 2 unspecified atom stereocenters. The first-order valence-corrected chi connectivity index (χ1v) is 11.6. The lowest BCUT2D eigenvalue weighted by molar-refractivity contribution is 0.0739. The van der Waals surface area contributed by atoms with E-state index in [1.54, 1.807) is 0 Å². The van der Waals surface area contributed by atoms with E-state index in [-0.39, 0.29) is 0 Å². The van der Waals surface area contributed by atoms with Crippen molar-refractivity contribution in [2.24, 2.45) is 0 Å². The maximum Gasteiger partial charge on any atom is 0.0604 e. The molecule has 30 heavy (non-hydrogen) atoms. The standard InChI is InChI=1S/C25H37N5/c1-19-9-7-14-27-24(19)22-11-6-12-23(25-20(2)10-8-15-28-25)30(22)16-5-4-13-26-21-17-29(3)18-21/h7-10,14-15,21-23,26H,4-6,11-13,16-18H2,1-3H3. The molecule has 4 rings (SSSR count). The van der Waals surface area contributed by atoms with E-state index in [0.29, 0.717) is 18.1 Å². The molecule has 5 heteroatoms. The second-order valence-corrected chi connectivity index (χ2v) is 9.19. The summed E-state index contributed by atoms with van der Waals surface area (Å²) in [6.07, 6.45) is 9.94. The first kappa shape index (κ1) is 21.4. The van der Waals surface area contributed by atoms with E-state index < -0.39 is 0 Å². The van der Waals surface area contributed by atoms with Crippen molar-refractivity contribution in [2.75, 3.05) is 33.2 Å². The number of nitrogens with one attached hydrogen (secondary N) is 1. The quantitative estimate of drug-likeness (QED) is 0.669. The molecule has 0 aromatic carbocycles. The van der Waals surface area contributed by atoms with Crippen LogP contribution in [0.25, 0.3) is 0 Å². The Hall–Kier alpha value is -1.82. The van der Waals surface area contributed by atoms with Crippen LogP contribution < -0.4 is 5.32 Å². The molecular weight excluding hydrogens is 370 g/mol. The summed E-state index contributed by atoms with van der Waals surface area (Å²) in [6, 6.07) is 9.98. The van der Waals surface area contributed by atoms with Gasteiger partial charge in [-0.25, -0.2) is 0 Å². The predicted molar refractivity (Wildman–Crippen MR) is 123 cm³/mol. The molecule has 0 saturated carbocycles. The summed E-state index contributed by atoms with van der Waals surface area (Å²) < 4.78 is 0. The number of rotatable bonds is 8. The van der Waals surface area contributed by atoms with Crippen molar-refractivity contribution < 1.29 is 0 Å². The summed E-state index contributed by atoms with van der Waals surface area (Å²) in [7, 11) is 2.19. The molecule has 2 aliphatic heterocycles. The van der Waals surface area contributed by atoms with Crippen LogP contribution in [0.1, 0.15) is 66.7 Å². The Morgan fingerprint density at radius 2 is 1.53 bits per heavy atom. The Morgan fingerprint density at radius 1 is 0.933 bits per heavy atom. The topological polar surface area (TPSA) is 44.3 Å². The molecule has 1 N–H and O–H groups in total. The Morgan fingerprint density at radius 3 is 2.07 bits per heavy atom. The maximum absolute atomic E-state index is 4.82. The van der Waals surface area contributed by atoms with Crippen LogP contribution in [0.3, 0.4) is 0 Å². The number of likely N-dealkylation sites (N-methyl/N-ethyl adjacent to an activating group) is 1. The van der Waals surface area contributed by atoms with Gasteiger partial charge in [-0.1, -0.05) is 12.1 Å². The van der Waals surface area contributed by atoms with Crippen LogP contribution in [-0.2, 0) is 0 Å². The van der Waals surface area contributed by atoms with Gasteiger partial charge in [0.05, 0.1) is 23.5 Å². The maximum atomic E-state index is 4.82. The second-order valence-electron chi connectivity index (χ2n) is 9.19. The molecule has 5 nitrogen and oxygen atoms in total. The molecule has 0 radical (unpaired) electrons. The van der Waals surface area contributed by atoms with E-state index in [0.717, 1.165) is 13.1 Å². The first-order chi connectivity index (χ1) is 14.6. The molecule has 0 amide bonds. The van der Waals surface area contributed by atoms with Gasteiger partial charge >= 0.3 is 0 Å². The molecular formula is C25H37N5. The molecule has 4 heterocycles. The number of hydrogen-bond acceptors (Lipinski definition) is 5. The van der Waals surface area contributed by atoms with Crippen molar-refractivity contribution in [1.82, 2.24) is 25.1 Å². The zero-order chi connectivity index (χ0) is 20.9. The highest BCUT2D eigenvalue weighted by atomic mass is 15.2. The molecule has 2 aromatic heterocycles. The molecule has 2 atom stereocenters. The monoisotopic (exact) mass is 407 g/mol. The van der Waals surface area contributed by atoms with Crippen LogP contribution in [0.2, 0.25) is 0 Å². The minimum absolute atomic E-state index is 0.389. The van der Waals surface area contributed by atoms with Gasteiger partial charge in [0.1, 0.15) is 0 Å². The largest absolute Gasteiger partial charge is 0.311 e. The summed E-state index contributed by atoms with van der Waals surface area (Å²) in [5, 5.41) is 3.71. The number of hydrogen-bond donors (Lipinski definition) is 1. The highest BCUT2D eigenvalue weighted by Gasteiger charge is 2.34. The van der Waals surface area contributed by atoms with E-state index in [4.69, 9.17) is 9.97 Å². The lowest BCUT2D eigenvalue weighted by atomic mass is 9.88. The van der Waals surface area contributed by atoms with Gasteiger partial charge in [-0.05, 0) is 89.3 Å². The van der Waals surface area contributed by atoms with Crippen LogP contribution in [0.15, 0.2) is 36.7 Å². The summed E-state index contributed by atoms with van der Waals surface area (Å²) in [5.41, 5.74) is 5.13. The molecule has 2 aromatic rings. The van der Waals surface area contributed by atoms with Crippen molar-refractivity contribution >= 4 is 0 Å². The second kappa shape index (κ2) is 9.99. The third-order valence-electron chi connectivity index (χ3n) is 6.83. The number of likely N-dealkylation sites (tertiary alicyclic amines) is 2. The van der Waals surface area contributed by atoms with Gasteiger partial charge in [0, 0.05) is 31.5 Å². The minimum atomic E-state index is 0.389. The van der Waals surface area contributed by atoms with Gasteiger partial charge in [-0.2, -0.15) is 0 Å². The van der Waals surface area contributed by atoms with Gasteiger partial charge in [-0.3, -0.25) is 14.9 Å². The lowest BCUT2D eigenvalue weighted by Gasteiger charge is -2.42. The molecule has 0 spiro atoms. The van der Waals surface area contributed by atoms with Gasteiger partial charge in [0.15, 0.2) is 0 Å². The summed E-state index contributed by atoms with van der Waals surface area (Å²) in [5.74, 6) is 0. The van der Waals surface area contributed by atoms with Gasteiger partial charge < -0.3 is 10.2 Å². The molecule has 2 aliphatic rings. The number of unbranched alkanes of at least 4 members (excludes halogenated alkanes) is 1. The van der Waals surface area contributed by atoms with E-state index in [1.165, 1.54) is 67.7 Å². The average molecular weight is 408 g/mol. The van der Waals surface area contributed by atoms with Crippen LogP contribution in [0.4, 0.5) is 0 Å². The molecule has 2 saturated heterocycles. The van der Waals surface area contributed by atoms with Crippen LogP contribution >= 0.6 is 0 Å². The fourth-order valence-electron chi connectivity index (χ4n) is 5.20. The van der Waals surface area contributed by atoms with Crippen molar-refractivity contribution in [3.63, 3.8) is 0 Å². The normalized spacial score (nSPS) is 23.4. The Kier molecular flexibility index (Phi) is 7.13. The molecule has 2 fully saturated rings. The average Bonchev–Trinajstić information content (AvgIpc) is 2.73. The predicted octanol–water partition coefficient (Wildman–Crippen LogP) is 4.05. The van der Waals surface area contributed by atoms with Crippen molar-refractivity contribution in [2.45, 2.75) is 64.1 Å². The summed E-state index contributed by atoms with van der Waals surface area (Å²) in [4.78, 5) is 14.7. The zero-order valence-corrected chi connectivity index (χ0v) is 18.8. The number of pyridine rings is 2.